The summed E-state index contributed by atoms with van der Waals surface area (Å²) in [5.74, 6) is 1.06. The van der Waals surface area contributed by atoms with Gasteiger partial charge >= 0.3 is 0 Å². The van der Waals surface area contributed by atoms with Crippen LogP contribution in [0.5, 0.6) is 5.75 Å². The van der Waals surface area contributed by atoms with Gasteiger partial charge < -0.3 is 10.0 Å². The van der Waals surface area contributed by atoms with Gasteiger partial charge in [-0.25, -0.2) is 0 Å². The van der Waals surface area contributed by atoms with Gasteiger partial charge in [-0.3, -0.25) is 0 Å². The summed E-state index contributed by atoms with van der Waals surface area (Å²) in [7, 11) is 2.26. The van der Waals surface area contributed by atoms with Crippen molar-refractivity contribution in [1.82, 2.24) is 4.90 Å². The van der Waals surface area contributed by atoms with Crippen molar-refractivity contribution in [2.45, 2.75) is 43.7 Å². The first-order chi connectivity index (χ1) is 7.74. The molecule has 2 aliphatic heterocycles. The van der Waals surface area contributed by atoms with Crippen LogP contribution in [0.1, 0.15) is 37.2 Å². The summed E-state index contributed by atoms with van der Waals surface area (Å²) in [5.41, 5.74) is 1.32. The minimum Gasteiger partial charge on any atom is -0.508 e. The van der Waals surface area contributed by atoms with Crippen LogP contribution >= 0.6 is 0 Å². The SMILES string of the molecule is CN1[C@@H]2CC[C@H]1C[C@@H](c1cccc(O)c1)C2. The number of rotatable bonds is 1. The van der Waals surface area contributed by atoms with E-state index >= 15 is 0 Å². The highest BCUT2D eigenvalue weighted by molar-refractivity contribution is 5.30. The summed E-state index contributed by atoms with van der Waals surface area (Å²) in [5, 5.41) is 9.53. The molecule has 86 valence electrons. The second-order valence-corrected chi connectivity index (χ2v) is 5.31. The smallest absolute Gasteiger partial charge is 0.115 e. The van der Waals surface area contributed by atoms with Gasteiger partial charge in [0, 0.05) is 12.1 Å². The summed E-state index contributed by atoms with van der Waals surface area (Å²) in [6, 6.07) is 9.36. The van der Waals surface area contributed by atoms with Gasteiger partial charge in [0.15, 0.2) is 0 Å². The van der Waals surface area contributed by atoms with Crippen LogP contribution < -0.4 is 0 Å². The first kappa shape index (κ1) is 10.2. The standard InChI is InChI=1S/C14H19NO/c1-15-12-5-6-13(15)8-11(7-12)10-3-2-4-14(16)9-10/h2-4,9,11-13,16H,5-8H2,1H3/t11-,12+,13-. The molecular weight excluding hydrogens is 198 g/mol. The quantitative estimate of drug-likeness (QED) is 0.782. The van der Waals surface area contributed by atoms with Gasteiger partial charge in [0.05, 0.1) is 0 Å². The zero-order valence-electron chi connectivity index (χ0n) is 9.76. The van der Waals surface area contributed by atoms with Gasteiger partial charge in [0.1, 0.15) is 5.75 Å². The average molecular weight is 217 g/mol. The molecule has 1 aromatic carbocycles. The van der Waals surface area contributed by atoms with E-state index in [2.05, 4.69) is 18.0 Å². The van der Waals surface area contributed by atoms with Crippen molar-refractivity contribution in [2.24, 2.45) is 0 Å². The van der Waals surface area contributed by atoms with Crippen LogP contribution in [0, 0.1) is 0 Å². The molecule has 2 saturated heterocycles. The van der Waals surface area contributed by atoms with Crippen molar-refractivity contribution in [1.29, 1.82) is 0 Å². The lowest BCUT2D eigenvalue weighted by Gasteiger charge is -2.36. The van der Waals surface area contributed by atoms with Crippen LogP contribution in [-0.4, -0.2) is 29.1 Å². The predicted octanol–water partition coefficient (Wildman–Crippen LogP) is 2.73. The zero-order valence-corrected chi connectivity index (χ0v) is 9.76. The van der Waals surface area contributed by atoms with Gasteiger partial charge in [0.25, 0.3) is 0 Å². The Hall–Kier alpha value is -1.02. The highest BCUT2D eigenvalue weighted by Crippen LogP contribution is 2.42. The van der Waals surface area contributed by atoms with Crippen molar-refractivity contribution in [3.8, 4) is 5.75 Å². The molecule has 2 heterocycles. The Bertz CT molecular complexity index is 376. The van der Waals surface area contributed by atoms with Gasteiger partial charge in [-0.1, -0.05) is 12.1 Å². The fraction of sp³-hybridized carbons (Fsp3) is 0.571. The maximum absolute atomic E-state index is 9.53. The fourth-order valence-corrected chi connectivity index (χ4v) is 3.46. The lowest BCUT2D eigenvalue weighted by molar-refractivity contribution is 0.161. The van der Waals surface area contributed by atoms with Gasteiger partial charge in [-0.05, 0) is 56.3 Å². The van der Waals surface area contributed by atoms with Crippen LogP contribution in [0.4, 0.5) is 0 Å². The van der Waals surface area contributed by atoms with Crippen LogP contribution in [0.25, 0.3) is 0 Å². The number of phenols is 1. The molecule has 0 amide bonds. The summed E-state index contributed by atoms with van der Waals surface area (Å²) >= 11 is 0. The normalized spacial score (nSPS) is 34.2. The van der Waals surface area contributed by atoms with Crippen LogP contribution in [0.15, 0.2) is 24.3 Å². The molecule has 16 heavy (non-hydrogen) atoms. The van der Waals surface area contributed by atoms with Gasteiger partial charge in [-0.15, -0.1) is 0 Å². The van der Waals surface area contributed by atoms with E-state index in [0.717, 1.165) is 12.1 Å². The zero-order chi connectivity index (χ0) is 11.1. The predicted molar refractivity (Wildman–Crippen MR) is 64.7 cm³/mol. The molecule has 1 N–H and O–H groups in total. The van der Waals surface area contributed by atoms with Crippen molar-refractivity contribution >= 4 is 0 Å². The van der Waals surface area contributed by atoms with Crippen molar-refractivity contribution in [2.75, 3.05) is 7.05 Å². The van der Waals surface area contributed by atoms with E-state index in [4.69, 9.17) is 0 Å². The number of benzene rings is 1. The summed E-state index contributed by atoms with van der Waals surface area (Å²) < 4.78 is 0. The molecule has 2 aliphatic rings. The highest BCUT2D eigenvalue weighted by Gasteiger charge is 2.38. The molecule has 0 spiro atoms. The molecule has 1 aromatic rings. The third-order valence-electron chi connectivity index (χ3n) is 4.44. The first-order valence-electron chi connectivity index (χ1n) is 6.25. The number of nitrogens with zero attached hydrogens (tertiary/aromatic N) is 1. The van der Waals surface area contributed by atoms with Crippen molar-refractivity contribution in [3.63, 3.8) is 0 Å². The minimum absolute atomic E-state index is 0.406. The molecule has 0 radical (unpaired) electrons. The van der Waals surface area contributed by atoms with Crippen molar-refractivity contribution in [3.05, 3.63) is 29.8 Å². The number of piperidine rings is 1. The molecule has 0 unspecified atom stereocenters. The summed E-state index contributed by atoms with van der Waals surface area (Å²) in [6.45, 7) is 0. The molecular formula is C14H19NO. The Morgan fingerprint density at radius 3 is 2.50 bits per heavy atom. The molecule has 2 bridgehead atoms. The number of hydrogen-bond donors (Lipinski definition) is 1. The van der Waals surface area contributed by atoms with Crippen LogP contribution in [0.3, 0.4) is 0 Å². The second kappa shape index (κ2) is 3.77. The van der Waals surface area contributed by atoms with Gasteiger partial charge in [-0.2, -0.15) is 0 Å². The van der Waals surface area contributed by atoms with E-state index in [1.807, 2.05) is 12.1 Å². The lowest BCUT2D eigenvalue weighted by atomic mass is 9.85. The van der Waals surface area contributed by atoms with E-state index in [0.29, 0.717) is 11.7 Å². The maximum Gasteiger partial charge on any atom is 0.115 e. The molecule has 2 nitrogen and oxygen atoms in total. The van der Waals surface area contributed by atoms with Crippen LogP contribution in [0.2, 0.25) is 0 Å². The number of aromatic hydroxyl groups is 1. The van der Waals surface area contributed by atoms with Crippen LogP contribution in [-0.2, 0) is 0 Å². The molecule has 0 aliphatic carbocycles. The van der Waals surface area contributed by atoms with E-state index in [9.17, 15) is 5.11 Å². The lowest BCUT2D eigenvalue weighted by Crippen LogP contribution is -2.39. The van der Waals surface area contributed by atoms with E-state index in [-0.39, 0.29) is 0 Å². The second-order valence-electron chi connectivity index (χ2n) is 5.31. The number of phenolic OH excluding ortho intramolecular Hbond substituents is 1. The third kappa shape index (κ3) is 1.61. The Morgan fingerprint density at radius 1 is 1.19 bits per heavy atom. The Labute approximate surface area is 96.9 Å². The number of hydrogen-bond acceptors (Lipinski definition) is 2. The molecule has 0 saturated carbocycles. The van der Waals surface area contributed by atoms with E-state index in [1.165, 1.54) is 31.2 Å². The first-order valence-corrected chi connectivity index (χ1v) is 6.25. The fourth-order valence-electron chi connectivity index (χ4n) is 3.46. The van der Waals surface area contributed by atoms with Gasteiger partial charge in [0.2, 0.25) is 0 Å². The largest absolute Gasteiger partial charge is 0.508 e. The van der Waals surface area contributed by atoms with Crippen molar-refractivity contribution < 1.29 is 5.11 Å². The molecule has 3 rings (SSSR count). The third-order valence-corrected chi connectivity index (χ3v) is 4.44. The van der Waals surface area contributed by atoms with E-state index < -0.39 is 0 Å². The minimum atomic E-state index is 0.406. The maximum atomic E-state index is 9.53. The molecule has 2 heteroatoms. The average Bonchev–Trinajstić information content (AvgIpc) is 2.53. The Morgan fingerprint density at radius 2 is 1.88 bits per heavy atom. The topological polar surface area (TPSA) is 23.5 Å². The Kier molecular flexibility index (Phi) is 2.40. The highest BCUT2D eigenvalue weighted by atomic mass is 16.3. The summed E-state index contributed by atoms with van der Waals surface area (Å²) in [6.07, 6.45) is 5.24. The van der Waals surface area contributed by atoms with E-state index in [1.54, 1.807) is 6.07 Å². The molecule has 3 atom stereocenters. The number of fused-ring (bicyclic) bond motifs is 2. The monoisotopic (exact) mass is 217 g/mol. The molecule has 2 fully saturated rings. The Balaban J connectivity index is 1.83. The summed E-state index contributed by atoms with van der Waals surface area (Å²) in [4.78, 5) is 2.55. The molecule has 0 aromatic heterocycles.